The lowest BCUT2D eigenvalue weighted by Gasteiger charge is -2.20. The molecule has 0 saturated carbocycles. The number of thiazole rings is 1. The highest BCUT2D eigenvalue weighted by Gasteiger charge is 2.21. The highest BCUT2D eigenvalue weighted by Crippen LogP contribution is 2.33. The Morgan fingerprint density at radius 1 is 1.27 bits per heavy atom. The molecule has 154 valence electrons. The fraction of sp³-hybridized carbons (Fsp3) is 0.227. The van der Waals surface area contributed by atoms with E-state index in [9.17, 15) is 4.79 Å². The lowest BCUT2D eigenvalue weighted by Crippen LogP contribution is -2.36. The minimum Gasteiger partial charge on any atom is -0.484 e. The molecular weight excluding hydrogens is 420 g/mol. The molecule has 0 fully saturated rings. The standard InChI is InChI=1S/C22H21ClN4O2S/c1-16-5-2-6-17(13-16)29-14-20(28)27(11-4-10-26-12-9-24-15-26)22-25-21-18(23)7-3-8-19(21)30-22/h2-3,5-9,12-13,15H,4,10-11,14H2,1H3. The van der Waals surface area contributed by atoms with Crippen molar-refractivity contribution in [3.63, 3.8) is 0 Å². The van der Waals surface area contributed by atoms with E-state index in [-0.39, 0.29) is 12.5 Å². The lowest BCUT2D eigenvalue weighted by molar-refractivity contribution is -0.120. The zero-order valence-corrected chi connectivity index (χ0v) is 18.1. The third-order valence-electron chi connectivity index (χ3n) is 4.60. The number of aryl methyl sites for hydroxylation is 2. The third kappa shape index (κ3) is 4.80. The van der Waals surface area contributed by atoms with Gasteiger partial charge in [-0.2, -0.15) is 0 Å². The summed E-state index contributed by atoms with van der Waals surface area (Å²) in [6.45, 7) is 3.21. The SMILES string of the molecule is Cc1cccc(OCC(=O)N(CCCn2ccnc2)c2nc3c(Cl)cccc3s2)c1. The van der Waals surface area contributed by atoms with E-state index < -0.39 is 0 Å². The van der Waals surface area contributed by atoms with Gasteiger partial charge in [-0.15, -0.1) is 0 Å². The molecule has 2 aromatic heterocycles. The van der Waals surface area contributed by atoms with Crippen molar-refractivity contribution in [1.29, 1.82) is 0 Å². The molecule has 0 unspecified atom stereocenters. The summed E-state index contributed by atoms with van der Waals surface area (Å²) in [5.74, 6) is 0.534. The second-order valence-electron chi connectivity index (χ2n) is 6.89. The van der Waals surface area contributed by atoms with Gasteiger partial charge in [0.2, 0.25) is 0 Å². The minimum atomic E-state index is -0.141. The Labute approximate surface area is 183 Å². The number of carbonyl (C=O) groups excluding carboxylic acids is 1. The van der Waals surface area contributed by atoms with Crippen LogP contribution in [0.15, 0.2) is 61.2 Å². The van der Waals surface area contributed by atoms with Crippen molar-refractivity contribution in [3.8, 4) is 5.75 Å². The number of benzene rings is 2. The first-order valence-electron chi connectivity index (χ1n) is 9.61. The molecule has 0 radical (unpaired) electrons. The first kappa shape index (κ1) is 20.4. The highest BCUT2D eigenvalue weighted by molar-refractivity contribution is 7.22. The maximum absolute atomic E-state index is 13.1. The largest absolute Gasteiger partial charge is 0.484 e. The lowest BCUT2D eigenvalue weighted by atomic mass is 10.2. The first-order valence-corrected chi connectivity index (χ1v) is 10.8. The molecular formula is C22H21ClN4O2S. The van der Waals surface area contributed by atoms with Crippen molar-refractivity contribution in [2.75, 3.05) is 18.1 Å². The van der Waals surface area contributed by atoms with E-state index in [1.807, 2.05) is 54.1 Å². The summed E-state index contributed by atoms with van der Waals surface area (Å²) < 4.78 is 8.68. The molecule has 6 nitrogen and oxygen atoms in total. The van der Waals surface area contributed by atoms with Crippen LogP contribution >= 0.6 is 22.9 Å². The van der Waals surface area contributed by atoms with Crippen LogP contribution in [0, 0.1) is 6.92 Å². The normalized spacial score (nSPS) is 11.0. The average Bonchev–Trinajstić information content (AvgIpc) is 3.40. The molecule has 0 aliphatic heterocycles. The Balaban J connectivity index is 1.52. The Hall–Kier alpha value is -2.90. The van der Waals surface area contributed by atoms with Gasteiger partial charge in [0.1, 0.15) is 11.3 Å². The van der Waals surface area contributed by atoms with E-state index in [4.69, 9.17) is 16.3 Å². The van der Waals surface area contributed by atoms with Crippen molar-refractivity contribution in [3.05, 3.63) is 71.8 Å². The number of halogens is 1. The van der Waals surface area contributed by atoms with Gasteiger partial charge >= 0.3 is 0 Å². The maximum atomic E-state index is 13.1. The molecule has 4 rings (SSSR count). The molecule has 0 N–H and O–H groups in total. The van der Waals surface area contributed by atoms with Gasteiger partial charge in [-0.05, 0) is 43.2 Å². The molecule has 4 aromatic rings. The zero-order valence-electron chi connectivity index (χ0n) is 16.5. The number of anilines is 1. The quantitative estimate of drug-likeness (QED) is 0.388. The van der Waals surface area contributed by atoms with Gasteiger partial charge < -0.3 is 9.30 Å². The van der Waals surface area contributed by atoms with E-state index >= 15 is 0 Å². The number of amides is 1. The molecule has 2 heterocycles. The first-order chi connectivity index (χ1) is 14.6. The van der Waals surface area contributed by atoms with Gasteiger partial charge in [-0.1, -0.05) is 41.1 Å². The summed E-state index contributed by atoms with van der Waals surface area (Å²) in [7, 11) is 0. The number of hydrogen-bond acceptors (Lipinski definition) is 5. The number of imidazole rings is 1. The van der Waals surface area contributed by atoms with Crippen LogP contribution in [0.4, 0.5) is 5.13 Å². The van der Waals surface area contributed by atoms with E-state index in [1.165, 1.54) is 11.3 Å². The highest BCUT2D eigenvalue weighted by atomic mass is 35.5. The maximum Gasteiger partial charge on any atom is 0.266 e. The summed E-state index contributed by atoms with van der Waals surface area (Å²) in [6.07, 6.45) is 6.18. The van der Waals surface area contributed by atoms with Crippen molar-refractivity contribution < 1.29 is 9.53 Å². The van der Waals surface area contributed by atoms with Gasteiger partial charge in [-0.3, -0.25) is 9.69 Å². The van der Waals surface area contributed by atoms with Crippen molar-refractivity contribution in [2.24, 2.45) is 0 Å². The Bertz CT molecular complexity index is 1140. The molecule has 0 aliphatic carbocycles. The Morgan fingerprint density at radius 2 is 2.13 bits per heavy atom. The van der Waals surface area contributed by atoms with Crippen LogP contribution in [0.1, 0.15) is 12.0 Å². The summed E-state index contributed by atoms with van der Waals surface area (Å²) in [5, 5.41) is 1.21. The Kier molecular flexibility index (Phi) is 6.30. The van der Waals surface area contributed by atoms with Gasteiger partial charge in [0.15, 0.2) is 11.7 Å². The number of hydrogen-bond donors (Lipinski definition) is 0. The topological polar surface area (TPSA) is 60.2 Å². The number of rotatable bonds is 8. The molecule has 0 bridgehead atoms. The second-order valence-corrected chi connectivity index (χ2v) is 8.30. The summed E-state index contributed by atoms with van der Waals surface area (Å²) in [6, 6.07) is 13.3. The summed E-state index contributed by atoms with van der Waals surface area (Å²) in [5.41, 5.74) is 1.80. The molecule has 2 aromatic carbocycles. The average molecular weight is 441 g/mol. The van der Waals surface area contributed by atoms with Crippen molar-refractivity contribution >= 4 is 44.2 Å². The van der Waals surface area contributed by atoms with Gasteiger partial charge in [0, 0.05) is 25.5 Å². The summed E-state index contributed by atoms with van der Waals surface area (Å²) >= 11 is 7.74. The van der Waals surface area contributed by atoms with Crippen LogP contribution in [0.25, 0.3) is 10.2 Å². The van der Waals surface area contributed by atoms with Crippen molar-refractivity contribution in [2.45, 2.75) is 19.9 Å². The fourth-order valence-electron chi connectivity index (χ4n) is 3.10. The van der Waals surface area contributed by atoms with Crippen LogP contribution in [0.2, 0.25) is 5.02 Å². The molecule has 8 heteroatoms. The molecule has 0 aliphatic rings. The van der Waals surface area contributed by atoms with Gasteiger partial charge in [0.25, 0.3) is 5.91 Å². The van der Waals surface area contributed by atoms with E-state index in [2.05, 4.69) is 9.97 Å². The number of para-hydroxylation sites is 1. The molecule has 1 amide bonds. The van der Waals surface area contributed by atoms with E-state index in [1.54, 1.807) is 23.5 Å². The number of carbonyl (C=O) groups is 1. The van der Waals surface area contributed by atoms with Gasteiger partial charge in [-0.25, -0.2) is 9.97 Å². The number of ether oxygens (including phenoxy) is 1. The van der Waals surface area contributed by atoms with Crippen LogP contribution in [0.5, 0.6) is 5.75 Å². The second kappa shape index (κ2) is 9.28. The molecule has 0 spiro atoms. The monoisotopic (exact) mass is 440 g/mol. The number of aromatic nitrogens is 3. The van der Waals surface area contributed by atoms with E-state index in [0.29, 0.717) is 28.0 Å². The minimum absolute atomic E-state index is 0.0574. The predicted molar refractivity (Wildman–Crippen MR) is 121 cm³/mol. The van der Waals surface area contributed by atoms with Crippen LogP contribution in [-0.4, -0.2) is 33.6 Å². The molecule has 0 saturated heterocycles. The number of fused-ring (bicyclic) bond motifs is 1. The Morgan fingerprint density at radius 3 is 2.90 bits per heavy atom. The third-order valence-corrected chi connectivity index (χ3v) is 5.95. The summed E-state index contributed by atoms with van der Waals surface area (Å²) in [4.78, 5) is 23.5. The zero-order chi connectivity index (χ0) is 20.9. The molecule has 0 atom stereocenters. The molecule has 30 heavy (non-hydrogen) atoms. The van der Waals surface area contributed by atoms with Crippen LogP contribution in [-0.2, 0) is 11.3 Å². The fourth-order valence-corrected chi connectivity index (χ4v) is 4.41. The van der Waals surface area contributed by atoms with Crippen molar-refractivity contribution in [1.82, 2.24) is 14.5 Å². The van der Waals surface area contributed by atoms with Gasteiger partial charge in [0.05, 0.1) is 16.0 Å². The van der Waals surface area contributed by atoms with Crippen LogP contribution < -0.4 is 9.64 Å². The number of nitrogens with zero attached hydrogens (tertiary/aromatic N) is 4. The van der Waals surface area contributed by atoms with E-state index in [0.717, 1.165) is 23.2 Å². The predicted octanol–water partition coefficient (Wildman–Crippen LogP) is 4.96. The smallest absolute Gasteiger partial charge is 0.266 e. The van der Waals surface area contributed by atoms with Crippen LogP contribution in [0.3, 0.4) is 0 Å².